The van der Waals surface area contributed by atoms with E-state index < -0.39 is 22.4 Å². The number of aromatic nitrogens is 1. The van der Waals surface area contributed by atoms with Crippen LogP contribution in [0.3, 0.4) is 0 Å². The maximum Gasteiger partial charge on any atom is 0.271 e. The fourth-order valence-electron chi connectivity index (χ4n) is 4.51. The van der Waals surface area contributed by atoms with Crippen molar-refractivity contribution in [3.05, 3.63) is 82.8 Å². The van der Waals surface area contributed by atoms with Gasteiger partial charge in [0.15, 0.2) is 0 Å². The maximum absolute atomic E-state index is 13.7. The smallest absolute Gasteiger partial charge is 0.271 e. The Morgan fingerprint density at radius 2 is 1.94 bits per heavy atom. The summed E-state index contributed by atoms with van der Waals surface area (Å²) in [5.41, 5.74) is 3.22. The number of hydrogen-bond donors (Lipinski definition) is 2. The number of rotatable bonds is 6. The van der Waals surface area contributed by atoms with E-state index in [1.807, 2.05) is 12.1 Å². The normalized spacial score (nSPS) is 18.9. The van der Waals surface area contributed by atoms with E-state index in [-0.39, 0.29) is 16.6 Å². The predicted molar refractivity (Wildman–Crippen MR) is 129 cm³/mol. The van der Waals surface area contributed by atoms with E-state index in [1.54, 1.807) is 37.4 Å². The van der Waals surface area contributed by atoms with Crippen molar-refractivity contribution in [3.63, 3.8) is 0 Å². The third-order valence-corrected chi connectivity index (χ3v) is 7.56. The maximum atomic E-state index is 13.7. The van der Waals surface area contributed by atoms with Gasteiger partial charge in [0.1, 0.15) is 11.6 Å². The molecule has 176 valence electrons. The average Bonchev–Trinajstić information content (AvgIpc) is 3.21. The molecule has 1 atom stereocenters. The molecule has 0 fully saturated rings. The van der Waals surface area contributed by atoms with Gasteiger partial charge in [-0.25, -0.2) is 22.2 Å². The van der Waals surface area contributed by atoms with E-state index >= 15 is 0 Å². The predicted octanol–water partition coefficient (Wildman–Crippen LogP) is 5.56. The molecule has 0 saturated heterocycles. The van der Waals surface area contributed by atoms with Gasteiger partial charge in [-0.15, -0.1) is 0 Å². The molecule has 0 saturated carbocycles. The topological polar surface area (TPSA) is 80.3 Å². The number of alkyl halides is 2. The van der Waals surface area contributed by atoms with Crippen LogP contribution in [0, 0.1) is 0 Å². The molecular weight excluding hydrogens is 460 g/mol. The lowest BCUT2D eigenvalue weighted by Crippen LogP contribution is -2.23. The molecule has 1 aromatic heterocycles. The van der Waals surface area contributed by atoms with Gasteiger partial charge < -0.3 is 10.1 Å². The number of nitrogens with zero attached hydrogens (tertiary/aromatic N) is 1. The number of benzene rings is 2. The number of ether oxygens (including phenoxy) is 1. The van der Waals surface area contributed by atoms with E-state index in [1.165, 1.54) is 11.6 Å². The molecule has 34 heavy (non-hydrogen) atoms. The van der Waals surface area contributed by atoms with Gasteiger partial charge in [0.25, 0.3) is 15.9 Å². The molecule has 3 aromatic rings. The second-order valence-corrected chi connectivity index (χ2v) is 10.1. The zero-order chi connectivity index (χ0) is 23.9. The van der Waals surface area contributed by atoms with Gasteiger partial charge in [-0.1, -0.05) is 24.3 Å². The van der Waals surface area contributed by atoms with Crippen LogP contribution in [0.25, 0.3) is 10.9 Å². The standard InChI is InChI=1S/C25H23F2N3O3S/c1-33-22-9-2-5-16-10-12-21(24(16)22)29-23-13-11-18-19(28-23)7-3-8-20(18)30-34(31,32)17-6-4-14-25(26,27)15-17/h2-9,11,13-14,21,30H,10,12,15H2,1H3,(H,28,29). The van der Waals surface area contributed by atoms with E-state index in [9.17, 15) is 17.2 Å². The van der Waals surface area contributed by atoms with E-state index in [0.29, 0.717) is 22.8 Å². The van der Waals surface area contributed by atoms with Crippen LogP contribution in [0.2, 0.25) is 0 Å². The van der Waals surface area contributed by atoms with Crippen molar-refractivity contribution in [3.8, 4) is 5.75 Å². The Morgan fingerprint density at radius 1 is 1.12 bits per heavy atom. The van der Waals surface area contributed by atoms with Crippen molar-refractivity contribution in [1.82, 2.24) is 4.98 Å². The van der Waals surface area contributed by atoms with Crippen LogP contribution >= 0.6 is 0 Å². The molecule has 0 amide bonds. The molecule has 9 heteroatoms. The Bertz CT molecular complexity index is 1430. The van der Waals surface area contributed by atoms with Crippen molar-refractivity contribution in [2.24, 2.45) is 0 Å². The molecule has 2 aliphatic rings. The first-order chi connectivity index (χ1) is 16.3. The highest BCUT2D eigenvalue weighted by atomic mass is 32.2. The lowest BCUT2D eigenvalue weighted by Gasteiger charge is -2.19. The van der Waals surface area contributed by atoms with Gasteiger partial charge in [0.05, 0.1) is 35.7 Å². The minimum absolute atomic E-state index is 0.0470. The molecule has 1 heterocycles. The largest absolute Gasteiger partial charge is 0.496 e. The Hall–Kier alpha value is -3.46. The van der Waals surface area contributed by atoms with Gasteiger partial charge in [-0.2, -0.15) is 0 Å². The number of pyridine rings is 1. The van der Waals surface area contributed by atoms with Crippen LogP contribution < -0.4 is 14.8 Å². The van der Waals surface area contributed by atoms with Crippen molar-refractivity contribution in [1.29, 1.82) is 0 Å². The number of anilines is 2. The molecule has 0 spiro atoms. The highest BCUT2D eigenvalue weighted by Gasteiger charge is 2.34. The number of halogens is 2. The lowest BCUT2D eigenvalue weighted by molar-refractivity contribution is 0.0562. The summed E-state index contributed by atoms with van der Waals surface area (Å²) >= 11 is 0. The number of methoxy groups -OCH3 is 1. The molecule has 2 aromatic carbocycles. The van der Waals surface area contributed by atoms with Gasteiger partial charge in [-0.05, 0) is 60.9 Å². The number of aryl methyl sites for hydroxylation is 1. The zero-order valence-corrected chi connectivity index (χ0v) is 19.2. The molecule has 0 radical (unpaired) electrons. The summed E-state index contributed by atoms with van der Waals surface area (Å²) in [6.45, 7) is 0. The van der Waals surface area contributed by atoms with Crippen molar-refractivity contribution < 1.29 is 21.9 Å². The van der Waals surface area contributed by atoms with Crippen LogP contribution in [0.5, 0.6) is 5.75 Å². The molecule has 0 bridgehead atoms. The summed E-state index contributed by atoms with van der Waals surface area (Å²) in [5.74, 6) is -1.71. The minimum atomic E-state index is -4.15. The van der Waals surface area contributed by atoms with E-state index in [4.69, 9.17) is 4.74 Å². The SMILES string of the molecule is COc1cccc2c1C(Nc1ccc3c(NS(=O)(=O)C4=CC=CC(F)(F)C4)cccc3n1)CC2. The first-order valence-corrected chi connectivity index (χ1v) is 12.4. The van der Waals surface area contributed by atoms with Crippen LogP contribution in [0.4, 0.5) is 20.3 Å². The number of nitrogens with one attached hydrogen (secondary N) is 2. The first kappa shape index (κ1) is 22.3. The quantitative estimate of drug-likeness (QED) is 0.480. The Labute approximate surface area is 196 Å². The second-order valence-electron chi connectivity index (χ2n) is 8.37. The molecule has 5 rings (SSSR count). The lowest BCUT2D eigenvalue weighted by atomic mass is 10.1. The van der Waals surface area contributed by atoms with Gasteiger partial charge in [0, 0.05) is 10.9 Å². The van der Waals surface area contributed by atoms with Crippen molar-refractivity contribution >= 4 is 32.4 Å². The molecular formula is C25H23F2N3O3S. The summed E-state index contributed by atoms with van der Waals surface area (Å²) in [4.78, 5) is 4.30. The third-order valence-electron chi connectivity index (χ3n) is 6.10. The number of hydrogen-bond acceptors (Lipinski definition) is 5. The third kappa shape index (κ3) is 4.23. The van der Waals surface area contributed by atoms with Crippen LogP contribution in [0.1, 0.15) is 30.0 Å². The minimum Gasteiger partial charge on any atom is -0.496 e. The van der Waals surface area contributed by atoms with Crippen LogP contribution in [0.15, 0.2) is 71.7 Å². The summed E-state index contributed by atoms with van der Waals surface area (Å²) in [6.07, 6.45) is 3.93. The zero-order valence-electron chi connectivity index (χ0n) is 18.4. The molecule has 6 nitrogen and oxygen atoms in total. The van der Waals surface area contributed by atoms with Crippen molar-refractivity contribution in [2.45, 2.75) is 31.2 Å². The Kier molecular flexibility index (Phi) is 5.51. The van der Waals surface area contributed by atoms with Gasteiger partial charge in [-0.3, -0.25) is 4.72 Å². The fourth-order valence-corrected chi connectivity index (χ4v) is 5.75. The highest BCUT2D eigenvalue weighted by Crippen LogP contribution is 2.40. The molecule has 2 aliphatic carbocycles. The highest BCUT2D eigenvalue weighted by molar-refractivity contribution is 7.96. The van der Waals surface area contributed by atoms with Crippen LogP contribution in [-0.4, -0.2) is 26.4 Å². The molecule has 0 aliphatic heterocycles. The van der Waals surface area contributed by atoms with Crippen LogP contribution in [-0.2, 0) is 16.4 Å². The number of fused-ring (bicyclic) bond motifs is 2. The Morgan fingerprint density at radius 3 is 2.74 bits per heavy atom. The summed E-state index contributed by atoms with van der Waals surface area (Å²) in [7, 11) is -2.49. The fraction of sp³-hybridized carbons (Fsp3) is 0.240. The summed E-state index contributed by atoms with van der Waals surface area (Å²) in [5, 5.41) is 4.03. The van der Waals surface area contributed by atoms with E-state index in [0.717, 1.165) is 30.2 Å². The van der Waals surface area contributed by atoms with Crippen molar-refractivity contribution in [2.75, 3.05) is 17.1 Å². The Balaban J connectivity index is 1.41. The molecule has 1 unspecified atom stereocenters. The first-order valence-electron chi connectivity index (χ1n) is 10.9. The summed E-state index contributed by atoms with van der Waals surface area (Å²) < 4.78 is 60.9. The summed E-state index contributed by atoms with van der Waals surface area (Å²) in [6, 6.07) is 14.7. The number of allylic oxidation sites excluding steroid dienone is 4. The van der Waals surface area contributed by atoms with E-state index in [2.05, 4.69) is 21.1 Å². The monoisotopic (exact) mass is 483 g/mol. The van der Waals surface area contributed by atoms with Gasteiger partial charge >= 0.3 is 0 Å². The average molecular weight is 484 g/mol. The van der Waals surface area contributed by atoms with Gasteiger partial charge in [0.2, 0.25) is 0 Å². The molecule has 2 N–H and O–H groups in total. The number of sulfonamides is 1. The second kappa shape index (κ2) is 8.39.